The first kappa shape index (κ1) is 30.2. The van der Waals surface area contributed by atoms with Crippen molar-refractivity contribution < 1.29 is 19.4 Å². The third-order valence-corrected chi connectivity index (χ3v) is 5.36. The minimum absolute atomic E-state index is 0.0786. The molecule has 184 valence electrons. The van der Waals surface area contributed by atoms with E-state index in [1.54, 1.807) is 0 Å². The number of hydrogen-bond acceptors (Lipinski definition) is 3. The monoisotopic (exact) mass is 448 g/mol. The zero-order chi connectivity index (χ0) is 23.7. The number of esters is 1. The van der Waals surface area contributed by atoms with Gasteiger partial charge in [-0.3, -0.25) is 9.59 Å². The minimum Gasteiger partial charge on any atom is -0.481 e. The summed E-state index contributed by atoms with van der Waals surface area (Å²) in [5, 5.41) is 8.68. The van der Waals surface area contributed by atoms with Crippen LogP contribution >= 0.6 is 0 Å². The number of carbonyl (C=O) groups excluding carboxylic acids is 1. The largest absolute Gasteiger partial charge is 0.481 e. The van der Waals surface area contributed by atoms with Crippen molar-refractivity contribution in [3.63, 3.8) is 0 Å². The van der Waals surface area contributed by atoms with Crippen molar-refractivity contribution in [2.75, 3.05) is 0 Å². The average Bonchev–Trinajstić information content (AvgIpc) is 2.76. The quantitative estimate of drug-likeness (QED) is 0.103. The highest BCUT2D eigenvalue weighted by molar-refractivity contribution is 5.69. The van der Waals surface area contributed by atoms with Gasteiger partial charge < -0.3 is 9.84 Å². The summed E-state index contributed by atoms with van der Waals surface area (Å²) in [6.07, 6.45) is 28.9. The van der Waals surface area contributed by atoms with E-state index in [9.17, 15) is 9.59 Å². The summed E-state index contributed by atoms with van der Waals surface area (Å²) in [4.78, 5) is 22.8. The fourth-order valence-electron chi connectivity index (χ4n) is 3.47. The van der Waals surface area contributed by atoms with Crippen molar-refractivity contribution in [1.82, 2.24) is 0 Å². The van der Waals surface area contributed by atoms with Crippen LogP contribution in [0.15, 0.2) is 36.5 Å². The number of carbonyl (C=O) groups is 2. The van der Waals surface area contributed by atoms with E-state index >= 15 is 0 Å². The summed E-state index contributed by atoms with van der Waals surface area (Å²) in [6.45, 7) is 4.33. The highest BCUT2D eigenvalue weighted by Gasteiger charge is 2.11. The molecule has 32 heavy (non-hydrogen) atoms. The van der Waals surface area contributed by atoms with Crippen LogP contribution in [0.25, 0.3) is 0 Å². The molecule has 0 aromatic heterocycles. The van der Waals surface area contributed by atoms with E-state index in [0.717, 1.165) is 77.0 Å². The van der Waals surface area contributed by atoms with E-state index in [4.69, 9.17) is 9.84 Å². The second-order valence-corrected chi connectivity index (χ2v) is 8.50. The highest BCUT2D eigenvalue weighted by atomic mass is 16.5. The number of unbranched alkanes of at least 4 members (excludes halogenated alkanes) is 9. The van der Waals surface area contributed by atoms with Gasteiger partial charge in [0, 0.05) is 12.8 Å². The number of carboxylic acid groups (broad SMARTS) is 1. The van der Waals surface area contributed by atoms with Crippen molar-refractivity contribution in [3.8, 4) is 0 Å². The van der Waals surface area contributed by atoms with Crippen LogP contribution in [-0.4, -0.2) is 23.1 Å². The van der Waals surface area contributed by atoms with Crippen molar-refractivity contribution >= 4 is 11.9 Å². The molecule has 0 fully saturated rings. The molecule has 0 saturated heterocycles. The lowest BCUT2D eigenvalue weighted by Gasteiger charge is -2.14. The molecule has 0 bridgehead atoms. The standard InChI is InChI=1S/C28H48O4/c1-3-5-7-9-10-11-15-18-22-26(32-28(31)25-21-14-8-6-4-2)23-19-16-12-13-17-20-24-27(29)30/h5,7,10-11,18,22,26H,3-4,6,8-9,12-17,19-21,23-25H2,1-2H3,(H,29,30)/b7-5-,11-10-,22-18-. The molecule has 0 spiro atoms. The molecule has 1 atom stereocenters. The Morgan fingerprint density at radius 2 is 1.28 bits per heavy atom. The van der Waals surface area contributed by atoms with Gasteiger partial charge in [0.25, 0.3) is 0 Å². The van der Waals surface area contributed by atoms with Crippen molar-refractivity contribution in [1.29, 1.82) is 0 Å². The topological polar surface area (TPSA) is 63.6 Å². The fourth-order valence-corrected chi connectivity index (χ4v) is 3.47. The first-order chi connectivity index (χ1) is 15.6. The van der Waals surface area contributed by atoms with Crippen LogP contribution in [0.4, 0.5) is 0 Å². The number of carboxylic acids is 1. The second-order valence-electron chi connectivity index (χ2n) is 8.50. The maximum Gasteiger partial charge on any atom is 0.306 e. The molecule has 1 unspecified atom stereocenters. The van der Waals surface area contributed by atoms with E-state index in [-0.39, 0.29) is 18.5 Å². The van der Waals surface area contributed by atoms with Gasteiger partial charge in [-0.2, -0.15) is 0 Å². The first-order valence-corrected chi connectivity index (χ1v) is 13.0. The Morgan fingerprint density at radius 1 is 0.719 bits per heavy atom. The van der Waals surface area contributed by atoms with Crippen molar-refractivity contribution in [2.24, 2.45) is 0 Å². The van der Waals surface area contributed by atoms with Crippen LogP contribution in [0.1, 0.15) is 123 Å². The highest BCUT2D eigenvalue weighted by Crippen LogP contribution is 2.14. The summed E-state index contributed by atoms with van der Waals surface area (Å²) in [5.41, 5.74) is 0. The van der Waals surface area contributed by atoms with Gasteiger partial charge in [-0.05, 0) is 51.0 Å². The van der Waals surface area contributed by atoms with Crippen LogP contribution in [0.2, 0.25) is 0 Å². The van der Waals surface area contributed by atoms with Gasteiger partial charge in [0.05, 0.1) is 0 Å². The lowest BCUT2D eigenvalue weighted by atomic mass is 10.1. The van der Waals surface area contributed by atoms with Crippen LogP contribution in [0.5, 0.6) is 0 Å². The summed E-state index contributed by atoms with van der Waals surface area (Å²) in [6, 6.07) is 0. The normalized spacial score (nSPS) is 12.8. The smallest absolute Gasteiger partial charge is 0.306 e. The number of aliphatic carboxylic acids is 1. The molecule has 0 aliphatic heterocycles. The zero-order valence-electron chi connectivity index (χ0n) is 20.7. The lowest BCUT2D eigenvalue weighted by molar-refractivity contribution is -0.147. The van der Waals surface area contributed by atoms with Gasteiger partial charge in [-0.25, -0.2) is 0 Å². The SMILES string of the molecule is CC/C=C\C/C=C\C/C=C\C(CCCCCCCCC(=O)O)OC(=O)CCCCCCC. The molecule has 4 heteroatoms. The van der Waals surface area contributed by atoms with Crippen molar-refractivity contribution in [3.05, 3.63) is 36.5 Å². The molecule has 0 rings (SSSR count). The Morgan fingerprint density at radius 3 is 1.94 bits per heavy atom. The molecule has 0 amide bonds. The summed E-state index contributed by atoms with van der Waals surface area (Å²) < 4.78 is 5.76. The maximum absolute atomic E-state index is 12.3. The Bertz CT molecular complexity index is 534. The second kappa shape index (κ2) is 23.8. The average molecular weight is 449 g/mol. The van der Waals surface area contributed by atoms with Gasteiger partial charge in [0.15, 0.2) is 0 Å². The first-order valence-electron chi connectivity index (χ1n) is 13.0. The number of allylic oxidation sites excluding steroid dienone is 5. The number of ether oxygens (including phenoxy) is 1. The summed E-state index contributed by atoms with van der Waals surface area (Å²) >= 11 is 0. The lowest BCUT2D eigenvalue weighted by Crippen LogP contribution is -2.16. The summed E-state index contributed by atoms with van der Waals surface area (Å²) in [5.74, 6) is -0.788. The Kier molecular flexibility index (Phi) is 22.4. The van der Waals surface area contributed by atoms with Crippen molar-refractivity contribution in [2.45, 2.75) is 129 Å². The van der Waals surface area contributed by atoms with E-state index in [1.807, 2.05) is 6.08 Å². The van der Waals surface area contributed by atoms with Gasteiger partial charge >= 0.3 is 11.9 Å². The van der Waals surface area contributed by atoms with Gasteiger partial charge in [-0.1, -0.05) is 95.6 Å². The van der Waals surface area contributed by atoms with E-state index in [0.29, 0.717) is 6.42 Å². The predicted octanol–water partition coefficient (Wildman–Crippen LogP) is 8.32. The molecule has 0 aromatic rings. The van der Waals surface area contributed by atoms with E-state index in [1.165, 1.54) is 19.3 Å². The molecular weight excluding hydrogens is 400 g/mol. The minimum atomic E-state index is -0.709. The predicted molar refractivity (Wildman–Crippen MR) is 135 cm³/mol. The molecule has 0 aliphatic rings. The maximum atomic E-state index is 12.3. The molecule has 0 aromatic carbocycles. The summed E-state index contributed by atoms with van der Waals surface area (Å²) in [7, 11) is 0. The van der Waals surface area contributed by atoms with Crippen LogP contribution in [0, 0.1) is 0 Å². The fraction of sp³-hybridized carbons (Fsp3) is 0.714. The Labute approximate surface area is 197 Å². The van der Waals surface area contributed by atoms with E-state index < -0.39 is 5.97 Å². The molecule has 0 saturated carbocycles. The molecular formula is C28H48O4. The van der Waals surface area contributed by atoms with Crippen LogP contribution in [-0.2, 0) is 14.3 Å². The number of hydrogen-bond donors (Lipinski definition) is 1. The molecule has 0 aliphatic carbocycles. The molecule has 0 heterocycles. The third kappa shape index (κ3) is 22.8. The third-order valence-electron chi connectivity index (χ3n) is 5.36. The zero-order valence-corrected chi connectivity index (χ0v) is 20.7. The van der Waals surface area contributed by atoms with Gasteiger partial charge in [0.2, 0.25) is 0 Å². The Hall–Kier alpha value is -1.84. The Balaban J connectivity index is 4.27. The van der Waals surface area contributed by atoms with E-state index in [2.05, 4.69) is 44.2 Å². The molecule has 4 nitrogen and oxygen atoms in total. The molecule has 0 radical (unpaired) electrons. The van der Waals surface area contributed by atoms with Crippen LogP contribution < -0.4 is 0 Å². The van der Waals surface area contributed by atoms with Gasteiger partial charge in [0.1, 0.15) is 6.10 Å². The van der Waals surface area contributed by atoms with Gasteiger partial charge in [-0.15, -0.1) is 0 Å². The number of rotatable bonds is 22. The molecule has 1 N–H and O–H groups in total. The van der Waals surface area contributed by atoms with Crippen LogP contribution in [0.3, 0.4) is 0 Å².